The van der Waals surface area contributed by atoms with E-state index in [9.17, 15) is 0 Å². The summed E-state index contributed by atoms with van der Waals surface area (Å²) in [6.07, 6.45) is 1.03. The van der Waals surface area contributed by atoms with Crippen molar-refractivity contribution in [2.75, 3.05) is 6.54 Å². The number of rotatable bonds is 2. The molecule has 1 N–H and O–H groups in total. The standard InChI is InChI=1S/C9H9Br2NO2/c10-13-8-2-1-6-3-4-12-5-7(6)9(8)14-11/h1-2,12H,3-5H2. The summed E-state index contributed by atoms with van der Waals surface area (Å²) in [6.45, 7) is 1.84. The summed E-state index contributed by atoms with van der Waals surface area (Å²) < 4.78 is 10.2. The Labute approximate surface area is 99.7 Å². The lowest BCUT2D eigenvalue weighted by molar-refractivity contribution is 0.564. The van der Waals surface area contributed by atoms with Crippen LogP contribution in [-0.4, -0.2) is 6.54 Å². The number of fused-ring (bicyclic) bond motifs is 1. The van der Waals surface area contributed by atoms with Gasteiger partial charge in [0.25, 0.3) is 0 Å². The fourth-order valence-electron chi connectivity index (χ4n) is 1.66. The van der Waals surface area contributed by atoms with E-state index in [1.54, 1.807) is 0 Å². The van der Waals surface area contributed by atoms with Gasteiger partial charge in [0.2, 0.25) is 0 Å². The van der Waals surface area contributed by atoms with Gasteiger partial charge in [-0.3, -0.25) is 0 Å². The quantitative estimate of drug-likeness (QED) is 0.908. The maximum absolute atomic E-state index is 5.15. The number of halogens is 2. The molecule has 3 nitrogen and oxygen atoms in total. The van der Waals surface area contributed by atoms with Crippen LogP contribution in [0.3, 0.4) is 0 Å². The van der Waals surface area contributed by atoms with Gasteiger partial charge in [-0.2, -0.15) is 0 Å². The van der Waals surface area contributed by atoms with Crippen molar-refractivity contribution < 1.29 is 7.66 Å². The average Bonchev–Trinajstić information content (AvgIpc) is 2.27. The second-order valence-electron chi connectivity index (χ2n) is 3.11. The summed E-state index contributed by atoms with van der Waals surface area (Å²) in [5.41, 5.74) is 2.47. The Kier molecular flexibility index (Phi) is 3.30. The molecular formula is C9H9Br2NO2. The molecule has 2 rings (SSSR count). The van der Waals surface area contributed by atoms with Crippen molar-refractivity contribution >= 4 is 32.5 Å². The van der Waals surface area contributed by atoms with Crippen LogP contribution in [0, 0.1) is 0 Å². The highest BCUT2D eigenvalue weighted by atomic mass is 79.9. The molecular weight excluding hydrogens is 314 g/mol. The van der Waals surface area contributed by atoms with Crippen molar-refractivity contribution in [3.8, 4) is 11.5 Å². The van der Waals surface area contributed by atoms with Crippen LogP contribution in [-0.2, 0) is 13.0 Å². The third-order valence-corrected chi connectivity index (χ3v) is 3.03. The highest BCUT2D eigenvalue weighted by Gasteiger charge is 2.18. The minimum Gasteiger partial charge on any atom is -0.414 e. The molecule has 0 unspecified atom stereocenters. The maximum Gasteiger partial charge on any atom is 0.184 e. The van der Waals surface area contributed by atoms with Gasteiger partial charge >= 0.3 is 0 Å². The minimum absolute atomic E-state index is 0.685. The number of nitrogens with one attached hydrogen (secondary N) is 1. The van der Waals surface area contributed by atoms with E-state index < -0.39 is 0 Å². The number of hydrogen-bond acceptors (Lipinski definition) is 3. The van der Waals surface area contributed by atoms with Crippen LogP contribution in [0.4, 0.5) is 0 Å². The highest BCUT2D eigenvalue weighted by Crippen LogP contribution is 2.37. The summed E-state index contributed by atoms with van der Waals surface area (Å²) in [6, 6.07) is 3.97. The summed E-state index contributed by atoms with van der Waals surface area (Å²) in [7, 11) is 0. The summed E-state index contributed by atoms with van der Waals surface area (Å²) in [5.74, 6) is 1.43. The molecule has 5 heteroatoms. The van der Waals surface area contributed by atoms with E-state index in [1.807, 2.05) is 6.07 Å². The predicted molar refractivity (Wildman–Crippen MR) is 61.0 cm³/mol. The lowest BCUT2D eigenvalue weighted by Gasteiger charge is -2.19. The van der Waals surface area contributed by atoms with Gasteiger partial charge < -0.3 is 13.0 Å². The third kappa shape index (κ3) is 1.76. The van der Waals surface area contributed by atoms with Crippen molar-refractivity contribution in [3.05, 3.63) is 23.3 Å². The zero-order valence-corrected chi connectivity index (χ0v) is 10.5. The molecule has 76 valence electrons. The zero-order valence-electron chi connectivity index (χ0n) is 7.35. The highest BCUT2D eigenvalue weighted by molar-refractivity contribution is 9.06. The summed E-state index contributed by atoms with van der Waals surface area (Å²) in [5, 5.41) is 3.30. The molecule has 0 aliphatic carbocycles. The molecule has 0 aromatic heterocycles. The Morgan fingerprint density at radius 1 is 1.21 bits per heavy atom. The zero-order chi connectivity index (χ0) is 9.97. The molecule has 1 aromatic rings. The van der Waals surface area contributed by atoms with Gasteiger partial charge in [-0.25, -0.2) is 0 Å². The predicted octanol–water partition coefficient (Wildman–Crippen LogP) is 2.71. The van der Waals surface area contributed by atoms with Crippen molar-refractivity contribution in [2.45, 2.75) is 13.0 Å². The van der Waals surface area contributed by atoms with Gasteiger partial charge in [0.05, 0.1) is 0 Å². The lowest BCUT2D eigenvalue weighted by atomic mass is 10.00. The second kappa shape index (κ2) is 4.51. The smallest absolute Gasteiger partial charge is 0.184 e. The van der Waals surface area contributed by atoms with Gasteiger partial charge in [0.15, 0.2) is 44.0 Å². The van der Waals surface area contributed by atoms with E-state index in [4.69, 9.17) is 7.66 Å². The van der Waals surface area contributed by atoms with Gasteiger partial charge in [0.1, 0.15) is 0 Å². The Bertz CT molecular complexity index is 329. The first-order valence-electron chi connectivity index (χ1n) is 4.29. The van der Waals surface area contributed by atoms with Gasteiger partial charge in [-0.15, -0.1) is 0 Å². The molecule has 1 aromatic carbocycles. The average molecular weight is 323 g/mol. The summed E-state index contributed by atoms with van der Waals surface area (Å²) in [4.78, 5) is 0. The topological polar surface area (TPSA) is 30.5 Å². The first-order chi connectivity index (χ1) is 6.86. The molecule has 0 atom stereocenters. The van der Waals surface area contributed by atoms with Crippen molar-refractivity contribution in [2.24, 2.45) is 0 Å². The number of benzene rings is 1. The molecule has 0 amide bonds. The van der Waals surface area contributed by atoms with Crippen LogP contribution < -0.4 is 13.0 Å². The maximum atomic E-state index is 5.15. The molecule has 0 saturated heterocycles. The largest absolute Gasteiger partial charge is 0.414 e. The Morgan fingerprint density at radius 2 is 2.07 bits per heavy atom. The Balaban J connectivity index is 2.50. The van der Waals surface area contributed by atoms with Crippen LogP contribution in [0.25, 0.3) is 0 Å². The van der Waals surface area contributed by atoms with Crippen molar-refractivity contribution in [1.29, 1.82) is 0 Å². The van der Waals surface area contributed by atoms with E-state index in [1.165, 1.54) is 5.56 Å². The number of hydrogen-bond donors (Lipinski definition) is 1. The van der Waals surface area contributed by atoms with Gasteiger partial charge in [-0.1, -0.05) is 6.07 Å². The second-order valence-corrected chi connectivity index (χ2v) is 3.76. The van der Waals surface area contributed by atoms with E-state index in [0.717, 1.165) is 30.8 Å². The molecule has 0 fully saturated rings. The summed E-state index contributed by atoms with van der Waals surface area (Å²) >= 11 is 5.96. The van der Waals surface area contributed by atoms with Crippen molar-refractivity contribution in [3.63, 3.8) is 0 Å². The lowest BCUT2D eigenvalue weighted by Crippen LogP contribution is -2.23. The molecule has 1 aliphatic rings. The fraction of sp³-hybridized carbons (Fsp3) is 0.333. The van der Waals surface area contributed by atoms with Crippen LogP contribution in [0.15, 0.2) is 12.1 Å². The van der Waals surface area contributed by atoms with Crippen molar-refractivity contribution in [1.82, 2.24) is 5.32 Å². The fourth-order valence-corrected chi connectivity index (χ4v) is 2.27. The van der Waals surface area contributed by atoms with E-state index in [0.29, 0.717) is 5.75 Å². The molecule has 1 aliphatic heterocycles. The molecule has 14 heavy (non-hydrogen) atoms. The molecule has 0 saturated carbocycles. The van der Waals surface area contributed by atoms with E-state index in [2.05, 4.69) is 43.9 Å². The van der Waals surface area contributed by atoms with E-state index >= 15 is 0 Å². The molecule has 0 spiro atoms. The third-order valence-electron chi connectivity index (χ3n) is 2.35. The first-order valence-corrected chi connectivity index (χ1v) is 5.59. The Morgan fingerprint density at radius 3 is 2.79 bits per heavy atom. The molecule has 0 radical (unpaired) electrons. The molecule has 1 heterocycles. The first kappa shape index (κ1) is 10.3. The molecule has 0 bridgehead atoms. The van der Waals surface area contributed by atoms with E-state index in [-0.39, 0.29) is 0 Å². The van der Waals surface area contributed by atoms with Crippen LogP contribution >= 0.6 is 32.5 Å². The van der Waals surface area contributed by atoms with Crippen LogP contribution in [0.5, 0.6) is 11.5 Å². The SMILES string of the molecule is BrOc1ccc2c(c1OBr)CNCC2. The van der Waals surface area contributed by atoms with Gasteiger partial charge in [-0.05, 0) is 24.6 Å². The minimum atomic E-state index is 0.685. The van der Waals surface area contributed by atoms with Gasteiger partial charge in [0, 0.05) is 12.1 Å². The monoisotopic (exact) mass is 321 g/mol. The van der Waals surface area contributed by atoms with Crippen LogP contribution in [0.1, 0.15) is 11.1 Å². The normalized spacial score (nSPS) is 14.7. The Hall–Kier alpha value is -0.260. The van der Waals surface area contributed by atoms with Crippen LogP contribution in [0.2, 0.25) is 0 Å².